The maximum atomic E-state index is 13.1. The van der Waals surface area contributed by atoms with E-state index in [1.165, 1.54) is 11.8 Å². The van der Waals surface area contributed by atoms with Crippen LogP contribution in [0.1, 0.15) is 12.6 Å². The number of fused-ring (bicyclic) bond motifs is 2. The summed E-state index contributed by atoms with van der Waals surface area (Å²) in [6, 6.07) is 2.30. The molecule has 208 valence electrons. The molecular weight excluding hydrogens is 548 g/mol. The minimum absolute atomic E-state index is 0.109. The van der Waals surface area contributed by atoms with Crippen LogP contribution in [0, 0.1) is 0 Å². The SMILES string of the molecule is CCOC(=O)CON=C(C(=O)NC1C(=O)N2C(C(=O)[O-])=C(C[n+]3ccc4ccoc4c3)CS[C@H]12)c1coc(N)n1. The van der Waals surface area contributed by atoms with Gasteiger partial charge in [-0.2, -0.15) is 9.55 Å². The minimum Gasteiger partial charge on any atom is -0.543 e. The molecule has 0 radical (unpaired) electrons. The van der Waals surface area contributed by atoms with Crippen LogP contribution in [-0.4, -0.2) is 69.7 Å². The molecule has 1 saturated heterocycles. The number of thioether (sulfide) groups is 1. The molecule has 3 aromatic heterocycles. The number of aromatic nitrogens is 2. The topological polar surface area (TPSA) is 206 Å². The molecule has 1 fully saturated rings. The number of β-lactam (4-membered cyclic amide) rings is 1. The second-order valence-corrected chi connectivity index (χ2v) is 9.65. The van der Waals surface area contributed by atoms with E-state index in [9.17, 15) is 24.3 Å². The summed E-state index contributed by atoms with van der Waals surface area (Å²) in [5.41, 5.74) is 5.81. The Bertz CT molecular complexity index is 1560. The first-order valence-electron chi connectivity index (χ1n) is 11.9. The molecule has 0 saturated carbocycles. The summed E-state index contributed by atoms with van der Waals surface area (Å²) < 4.78 is 16.8. The molecule has 2 aliphatic heterocycles. The number of pyridine rings is 1. The van der Waals surface area contributed by atoms with Crippen molar-refractivity contribution in [3.63, 3.8) is 0 Å². The van der Waals surface area contributed by atoms with Crippen molar-refractivity contribution in [3.8, 4) is 0 Å². The Morgan fingerprint density at radius 3 is 2.90 bits per heavy atom. The fourth-order valence-corrected chi connectivity index (χ4v) is 5.55. The van der Waals surface area contributed by atoms with Crippen LogP contribution in [0.15, 0.2) is 62.3 Å². The number of carboxylic acids is 1. The number of amides is 2. The van der Waals surface area contributed by atoms with Crippen LogP contribution in [-0.2, 0) is 35.3 Å². The van der Waals surface area contributed by atoms with Crippen molar-refractivity contribution in [3.05, 3.63) is 54.0 Å². The van der Waals surface area contributed by atoms with E-state index in [-0.39, 0.29) is 36.3 Å². The Labute approximate surface area is 229 Å². The van der Waals surface area contributed by atoms with Crippen molar-refractivity contribution in [2.24, 2.45) is 5.16 Å². The fourth-order valence-electron chi connectivity index (χ4n) is 4.22. The molecule has 2 amide bonds. The van der Waals surface area contributed by atoms with Crippen LogP contribution in [0.5, 0.6) is 0 Å². The second kappa shape index (κ2) is 11.1. The van der Waals surface area contributed by atoms with Gasteiger partial charge in [0.05, 0.1) is 24.5 Å². The highest BCUT2D eigenvalue weighted by Crippen LogP contribution is 2.40. The number of oxime groups is 1. The number of carbonyl (C=O) groups excluding carboxylic acids is 4. The molecule has 0 aliphatic carbocycles. The van der Waals surface area contributed by atoms with Crippen LogP contribution in [0.3, 0.4) is 0 Å². The molecule has 5 rings (SSSR count). The molecule has 3 aromatic rings. The molecular formula is C24H22N6O9S. The molecule has 0 spiro atoms. The second-order valence-electron chi connectivity index (χ2n) is 8.55. The molecule has 3 N–H and O–H groups in total. The molecule has 0 bridgehead atoms. The zero-order chi connectivity index (χ0) is 28.4. The molecule has 40 heavy (non-hydrogen) atoms. The van der Waals surface area contributed by atoms with E-state index in [2.05, 4.69) is 15.5 Å². The summed E-state index contributed by atoms with van der Waals surface area (Å²) in [5, 5.41) is 18.5. The maximum absolute atomic E-state index is 13.1. The third kappa shape index (κ3) is 5.20. The van der Waals surface area contributed by atoms with E-state index < -0.39 is 47.5 Å². The minimum atomic E-state index is -1.51. The summed E-state index contributed by atoms with van der Waals surface area (Å²) in [6.07, 6.45) is 6.10. The molecule has 2 aliphatic rings. The number of hydrogen-bond donors (Lipinski definition) is 2. The zero-order valence-electron chi connectivity index (χ0n) is 20.9. The Kier molecular flexibility index (Phi) is 7.41. The van der Waals surface area contributed by atoms with E-state index in [0.717, 1.165) is 16.5 Å². The predicted octanol–water partition coefficient (Wildman–Crippen LogP) is -1.32. The van der Waals surface area contributed by atoms with E-state index >= 15 is 0 Å². The first kappa shape index (κ1) is 26.7. The number of nitrogen functional groups attached to an aromatic ring is 1. The highest BCUT2D eigenvalue weighted by molar-refractivity contribution is 8.00. The van der Waals surface area contributed by atoms with Gasteiger partial charge >= 0.3 is 5.97 Å². The molecule has 15 nitrogen and oxygen atoms in total. The molecule has 1 unspecified atom stereocenters. The molecule has 5 heterocycles. The van der Waals surface area contributed by atoms with Crippen molar-refractivity contribution in [1.29, 1.82) is 0 Å². The van der Waals surface area contributed by atoms with E-state index in [1.54, 1.807) is 36.2 Å². The number of furan rings is 1. The summed E-state index contributed by atoms with van der Waals surface area (Å²) >= 11 is 1.28. The Morgan fingerprint density at radius 2 is 2.17 bits per heavy atom. The van der Waals surface area contributed by atoms with Crippen molar-refractivity contribution >= 4 is 58.2 Å². The number of esters is 1. The third-order valence-corrected chi connectivity index (χ3v) is 7.32. The third-order valence-electron chi connectivity index (χ3n) is 5.98. The largest absolute Gasteiger partial charge is 0.543 e. The number of nitrogens with two attached hydrogens (primary N) is 1. The maximum Gasteiger partial charge on any atom is 0.347 e. The summed E-state index contributed by atoms with van der Waals surface area (Å²) in [7, 11) is 0. The Morgan fingerprint density at radius 1 is 1.35 bits per heavy atom. The molecule has 0 aromatic carbocycles. The van der Waals surface area contributed by atoms with Gasteiger partial charge in [0.1, 0.15) is 23.4 Å². The monoisotopic (exact) mass is 570 g/mol. The van der Waals surface area contributed by atoms with Gasteiger partial charge < -0.3 is 39.4 Å². The molecule has 2 atom stereocenters. The van der Waals surface area contributed by atoms with Gasteiger partial charge in [-0.1, -0.05) is 5.16 Å². The number of ether oxygens (including phenoxy) is 1. The quantitative estimate of drug-likeness (QED) is 0.0957. The van der Waals surface area contributed by atoms with Gasteiger partial charge in [0.25, 0.3) is 17.8 Å². The number of aliphatic carboxylic acids is 1. The zero-order valence-corrected chi connectivity index (χ0v) is 21.7. The number of nitrogens with zero attached hydrogens (tertiary/aromatic N) is 4. The lowest BCUT2D eigenvalue weighted by Crippen LogP contribution is -2.71. The van der Waals surface area contributed by atoms with Crippen LogP contribution < -0.4 is 20.7 Å². The standard InChI is InChI=1S/C24H22N6O9S/c1-2-36-16(31)10-39-28-17(14-9-38-24(25)26-14)20(32)27-18-21(33)30-19(23(34)35)13(11-40-22(18)30)7-29-5-3-12-4-6-37-15(12)8-29/h3-6,8-9,18,22H,2,7,10-11H2,1H3,(H3-,25,26,27,32,34,35)/t18?,22-/m1/s1. The van der Waals surface area contributed by atoms with Crippen molar-refractivity contribution in [1.82, 2.24) is 15.2 Å². The van der Waals surface area contributed by atoms with Crippen molar-refractivity contribution in [2.75, 3.05) is 24.7 Å². The lowest BCUT2D eigenvalue weighted by atomic mass is 10.0. The van der Waals surface area contributed by atoms with Gasteiger partial charge in [-0.3, -0.25) is 14.5 Å². The highest BCUT2D eigenvalue weighted by Gasteiger charge is 2.53. The van der Waals surface area contributed by atoms with Crippen LogP contribution in [0.2, 0.25) is 0 Å². The van der Waals surface area contributed by atoms with E-state index in [0.29, 0.717) is 11.2 Å². The van der Waals surface area contributed by atoms with Gasteiger partial charge in [0.15, 0.2) is 24.0 Å². The average molecular weight is 571 g/mol. The number of anilines is 1. The smallest absolute Gasteiger partial charge is 0.347 e. The predicted molar refractivity (Wildman–Crippen MR) is 134 cm³/mol. The molecule has 16 heteroatoms. The van der Waals surface area contributed by atoms with Gasteiger partial charge in [0.2, 0.25) is 12.8 Å². The number of carbonyl (C=O) groups is 4. The Balaban J connectivity index is 1.32. The lowest BCUT2D eigenvalue weighted by molar-refractivity contribution is -0.688. The highest BCUT2D eigenvalue weighted by atomic mass is 32.2. The lowest BCUT2D eigenvalue weighted by Gasteiger charge is -2.50. The van der Waals surface area contributed by atoms with Crippen molar-refractivity contribution in [2.45, 2.75) is 24.9 Å². The van der Waals surface area contributed by atoms with Gasteiger partial charge in [-0.15, -0.1) is 11.8 Å². The van der Waals surface area contributed by atoms with Crippen LogP contribution in [0.4, 0.5) is 6.01 Å². The first-order valence-corrected chi connectivity index (χ1v) is 12.9. The summed E-state index contributed by atoms with van der Waals surface area (Å²) in [6.45, 7) is 1.34. The van der Waals surface area contributed by atoms with Crippen molar-refractivity contribution < 1.29 is 47.3 Å². The van der Waals surface area contributed by atoms with Gasteiger partial charge in [0, 0.05) is 22.8 Å². The van der Waals surface area contributed by atoms with Gasteiger partial charge in [-0.25, -0.2) is 4.79 Å². The first-order chi connectivity index (χ1) is 19.3. The van der Waals surface area contributed by atoms with Crippen LogP contribution >= 0.6 is 11.8 Å². The summed E-state index contributed by atoms with van der Waals surface area (Å²) in [5.74, 6) is -3.50. The number of rotatable bonds is 10. The Hall–Kier alpha value is -4.86. The van der Waals surface area contributed by atoms with Gasteiger partial charge in [-0.05, 0) is 13.0 Å². The average Bonchev–Trinajstić information content (AvgIpc) is 3.57. The fraction of sp³-hybridized carbons (Fsp3) is 0.292. The number of hydrogen-bond acceptors (Lipinski definition) is 13. The van der Waals surface area contributed by atoms with E-state index in [4.69, 9.17) is 24.1 Å². The number of oxazole rings is 1. The number of nitrogens with one attached hydrogen (secondary N) is 1. The van der Waals surface area contributed by atoms with E-state index in [1.807, 2.05) is 6.07 Å². The normalized spacial score (nSPS) is 18.8. The summed E-state index contributed by atoms with van der Waals surface area (Å²) in [4.78, 5) is 59.7. The number of carboxylic acid groups (broad SMARTS) is 1. The van der Waals surface area contributed by atoms with Crippen LogP contribution in [0.25, 0.3) is 11.0 Å².